The fraction of sp³-hybridized carbons (Fsp3) is 0.909. The first kappa shape index (κ1) is 12.9. The van der Waals surface area contributed by atoms with Crippen molar-refractivity contribution in [1.82, 2.24) is 0 Å². The Bertz CT molecular complexity index is 233. The van der Waals surface area contributed by atoms with Crippen LogP contribution in [0.4, 0.5) is 8.78 Å². The minimum absolute atomic E-state index is 0.0266. The van der Waals surface area contributed by atoms with Crippen LogP contribution in [0.15, 0.2) is 4.40 Å². The van der Waals surface area contributed by atoms with E-state index in [1.807, 2.05) is 0 Å². The average molecular weight is 235 g/mol. The monoisotopic (exact) mass is 235 g/mol. The van der Waals surface area contributed by atoms with Crippen LogP contribution in [-0.2, 0) is 0 Å². The molecule has 0 aromatic heterocycles. The average Bonchev–Trinajstić information content (AvgIpc) is 1.99. The second-order valence-electron chi connectivity index (χ2n) is 5.17. The number of hydrogen-bond acceptors (Lipinski definition) is 2. The molecule has 0 radical (unpaired) electrons. The van der Waals surface area contributed by atoms with Crippen molar-refractivity contribution in [2.24, 2.45) is 10.3 Å². The van der Waals surface area contributed by atoms with Crippen molar-refractivity contribution in [3.63, 3.8) is 0 Å². The lowest BCUT2D eigenvalue weighted by molar-refractivity contribution is -0.0420. The largest absolute Gasteiger partial charge is 0.248 e. The molecule has 1 nitrogen and oxygen atoms in total. The predicted molar refractivity (Wildman–Crippen MR) is 62.7 cm³/mol. The van der Waals surface area contributed by atoms with Gasteiger partial charge in [-0.05, 0) is 45.6 Å². The Labute approximate surface area is 94.9 Å². The molecule has 1 aliphatic carbocycles. The number of hydrogen-bond donors (Lipinski definition) is 0. The van der Waals surface area contributed by atoms with Gasteiger partial charge in [-0.3, -0.25) is 0 Å². The molecule has 0 heterocycles. The summed E-state index contributed by atoms with van der Waals surface area (Å²) in [7, 11) is 0. The maximum absolute atomic E-state index is 13.0. The van der Waals surface area contributed by atoms with Gasteiger partial charge in [0.25, 0.3) is 0 Å². The van der Waals surface area contributed by atoms with Gasteiger partial charge in [-0.15, -0.1) is 0 Å². The van der Waals surface area contributed by atoms with Crippen molar-refractivity contribution < 1.29 is 8.78 Å². The van der Waals surface area contributed by atoms with E-state index >= 15 is 0 Å². The van der Waals surface area contributed by atoms with Crippen molar-refractivity contribution in [3.05, 3.63) is 0 Å². The van der Waals surface area contributed by atoms with Gasteiger partial charge in [0.15, 0.2) is 0 Å². The molecule has 0 amide bonds. The van der Waals surface area contributed by atoms with Crippen LogP contribution in [0, 0.1) is 5.92 Å². The van der Waals surface area contributed by atoms with Gasteiger partial charge < -0.3 is 0 Å². The first-order valence-electron chi connectivity index (χ1n) is 5.38. The van der Waals surface area contributed by atoms with Gasteiger partial charge in [0.2, 0.25) is 5.92 Å². The summed E-state index contributed by atoms with van der Waals surface area (Å²) in [5, 5.41) is 0. The van der Waals surface area contributed by atoms with Crippen molar-refractivity contribution >= 4 is 18.2 Å². The summed E-state index contributed by atoms with van der Waals surface area (Å²) in [6.07, 6.45) is 3.20. The summed E-state index contributed by atoms with van der Waals surface area (Å²) in [6.45, 7) is 6.18. The summed E-state index contributed by atoms with van der Waals surface area (Å²) in [5.74, 6) is -2.51. The Balaban J connectivity index is 2.38. The van der Waals surface area contributed by atoms with E-state index in [0.29, 0.717) is 6.42 Å². The molecule has 1 aliphatic rings. The first-order valence-corrected chi connectivity index (χ1v) is 6.15. The molecule has 4 heteroatoms. The van der Waals surface area contributed by atoms with Gasteiger partial charge in [0, 0.05) is 29.7 Å². The maximum atomic E-state index is 13.0. The van der Waals surface area contributed by atoms with Crippen LogP contribution in [0.3, 0.4) is 0 Å². The normalized spacial score (nSPS) is 27.1. The fourth-order valence-electron chi connectivity index (χ4n) is 1.61. The zero-order valence-electron chi connectivity index (χ0n) is 9.59. The zero-order chi connectivity index (χ0) is 11.5. The Kier molecular flexibility index (Phi) is 4.15. The summed E-state index contributed by atoms with van der Waals surface area (Å²) in [4.78, 5) is 0. The topological polar surface area (TPSA) is 12.4 Å². The Morgan fingerprint density at radius 3 is 2.60 bits per heavy atom. The Morgan fingerprint density at radius 2 is 2.07 bits per heavy atom. The molecule has 0 saturated heterocycles. The Hall–Kier alpha value is -0.120. The summed E-state index contributed by atoms with van der Waals surface area (Å²) in [6, 6.07) is 0. The van der Waals surface area contributed by atoms with E-state index in [1.54, 1.807) is 6.21 Å². The van der Waals surface area contributed by atoms with Crippen LogP contribution < -0.4 is 0 Å². The second kappa shape index (κ2) is 4.81. The van der Waals surface area contributed by atoms with Crippen molar-refractivity contribution in [2.45, 2.75) is 57.1 Å². The lowest BCUT2D eigenvalue weighted by Crippen LogP contribution is -2.26. The number of rotatable bonds is 2. The third-order valence-corrected chi connectivity index (χ3v) is 3.05. The summed E-state index contributed by atoms with van der Waals surface area (Å²) < 4.78 is 30.3. The van der Waals surface area contributed by atoms with E-state index in [0.717, 1.165) is 6.42 Å². The van der Waals surface area contributed by atoms with Crippen molar-refractivity contribution in [2.75, 3.05) is 0 Å². The molecule has 0 aromatic carbocycles. The summed E-state index contributed by atoms with van der Waals surface area (Å²) >= 11 is 1.45. The molecular formula is C11H19F2NS. The smallest absolute Gasteiger partial charge is 0.228 e. The second-order valence-corrected chi connectivity index (χ2v) is 6.79. The zero-order valence-corrected chi connectivity index (χ0v) is 10.4. The minimum Gasteiger partial charge on any atom is -0.228 e. The maximum Gasteiger partial charge on any atom is 0.248 e. The molecule has 1 saturated carbocycles. The van der Waals surface area contributed by atoms with E-state index in [2.05, 4.69) is 25.2 Å². The third-order valence-electron chi connectivity index (χ3n) is 2.28. The first-order chi connectivity index (χ1) is 6.79. The molecule has 0 bridgehead atoms. The van der Waals surface area contributed by atoms with E-state index in [4.69, 9.17) is 0 Å². The van der Waals surface area contributed by atoms with Gasteiger partial charge in [-0.1, -0.05) is 0 Å². The van der Waals surface area contributed by atoms with E-state index in [1.165, 1.54) is 11.9 Å². The van der Waals surface area contributed by atoms with Crippen LogP contribution >= 0.6 is 11.9 Å². The summed E-state index contributed by atoms with van der Waals surface area (Å²) in [5.41, 5.74) is 0. The highest BCUT2D eigenvalue weighted by atomic mass is 32.2. The molecule has 1 rings (SSSR count). The highest BCUT2D eigenvalue weighted by Crippen LogP contribution is 2.36. The fourth-order valence-corrected chi connectivity index (χ4v) is 2.16. The molecule has 0 spiro atoms. The number of nitrogens with zero attached hydrogens (tertiary/aromatic N) is 1. The molecule has 0 aromatic rings. The molecular weight excluding hydrogens is 216 g/mol. The number of halogens is 2. The van der Waals surface area contributed by atoms with Crippen LogP contribution in [0.25, 0.3) is 0 Å². The highest BCUT2D eigenvalue weighted by molar-refractivity contribution is 7.99. The van der Waals surface area contributed by atoms with E-state index < -0.39 is 5.92 Å². The lowest BCUT2D eigenvalue weighted by Gasteiger charge is -2.26. The highest BCUT2D eigenvalue weighted by Gasteiger charge is 2.35. The van der Waals surface area contributed by atoms with Crippen molar-refractivity contribution in [1.29, 1.82) is 0 Å². The van der Waals surface area contributed by atoms with Gasteiger partial charge >= 0.3 is 0 Å². The van der Waals surface area contributed by atoms with Crippen LogP contribution in [0.2, 0.25) is 0 Å². The molecule has 1 unspecified atom stereocenters. The molecule has 1 fully saturated rings. The van der Waals surface area contributed by atoms with Crippen LogP contribution in [0.1, 0.15) is 46.5 Å². The van der Waals surface area contributed by atoms with Crippen LogP contribution in [-0.4, -0.2) is 16.9 Å². The van der Waals surface area contributed by atoms with Gasteiger partial charge in [0.1, 0.15) is 0 Å². The predicted octanol–water partition coefficient (Wildman–Crippen LogP) is 4.33. The van der Waals surface area contributed by atoms with Gasteiger partial charge in [-0.2, -0.15) is 0 Å². The molecule has 88 valence electrons. The van der Waals surface area contributed by atoms with E-state index in [-0.39, 0.29) is 23.5 Å². The quantitative estimate of drug-likeness (QED) is 0.512. The molecule has 0 aliphatic heterocycles. The molecule has 15 heavy (non-hydrogen) atoms. The number of alkyl halides is 2. The minimum atomic E-state index is -2.47. The lowest BCUT2D eigenvalue weighted by atomic mass is 9.87. The van der Waals surface area contributed by atoms with Gasteiger partial charge in [-0.25, -0.2) is 13.2 Å². The Morgan fingerprint density at radius 1 is 1.40 bits per heavy atom. The molecule has 0 N–H and O–H groups in total. The van der Waals surface area contributed by atoms with Gasteiger partial charge in [0.05, 0.1) is 0 Å². The van der Waals surface area contributed by atoms with E-state index in [9.17, 15) is 8.78 Å². The standard InChI is InChI=1S/C11H19F2NS/c1-10(2,3)15-14-8-9-5-4-6-11(12,13)7-9/h8-9H,4-7H2,1-3H3/b14-8+. The SMILES string of the molecule is CC(C)(C)S/N=C/C1CCCC(F)(F)C1. The van der Waals surface area contributed by atoms with Crippen LogP contribution in [0.5, 0.6) is 0 Å². The third kappa shape index (κ3) is 5.50. The van der Waals surface area contributed by atoms with Crippen molar-refractivity contribution in [3.8, 4) is 0 Å². The molecule has 1 atom stereocenters.